The van der Waals surface area contributed by atoms with E-state index in [0.717, 1.165) is 0 Å². The van der Waals surface area contributed by atoms with Crippen molar-refractivity contribution < 1.29 is 9.11 Å². The first-order valence-corrected chi connectivity index (χ1v) is 4.86. The van der Waals surface area contributed by atoms with Crippen LogP contribution in [0.15, 0.2) is 11.5 Å². The summed E-state index contributed by atoms with van der Waals surface area (Å²) in [6, 6.07) is 0. The topological polar surface area (TPSA) is 43.7 Å². The van der Waals surface area contributed by atoms with Crippen LogP contribution in [0.2, 0.25) is 0 Å². The minimum absolute atomic E-state index is 0.641. The van der Waals surface area contributed by atoms with Gasteiger partial charge in [0.05, 0.1) is 0 Å². The summed E-state index contributed by atoms with van der Waals surface area (Å²) in [4.78, 5) is 0. The molecule has 2 N–H and O–H groups in total. The summed E-state index contributed by atoms with van der Waals surface area (Å²) in [5.74, 6) is 0. The minimum atomic E-state index is -2.47. The normalized spacial score (nSPS) is 25.3. The van der Waals surface area contributed by atoms with E-state index in [0.29, 0.717) is 6.54 Å². The zero-order valence-electron chi connectivity index (χ0n) is 6.61. The van der Waals surface area contributed by atoms with Gasteiger partial charge in [-0.05, 0) is 0 Å². The predicted molar refractivity (Wildman–Crippen MR) is 46.0 cm³/mol. The lowest BCUT2D eigenvalue weighted by Gasteiger charge is -2.32. The molecule has 1 heterocycles. The quantitative estimate of drug-likeness (QED) is 0.578. The molecule has 1 rings (SSSR count). The Labute approximate surface area is 63.8 Å². The Kier molecular flexibility index (Phi) is 3.96. The molecule has 0 radical (unpaired) electrons. The van der Waals surface area contributed by atoms with Crippen LogP contribution in [0.25, 0.3) is 0 Å². The first kappa shape index (κ1) is 9.97. The SMILES string of the molecule is CC.CN1CC=CS1(O)O. The van der Waals surface area contributed by atoms with E-state index in [-0.39, 0.29) is 0 Å². The fourth-order valence-electron chi connectivity index (χ4n) is 0.534. The van der Waals surface area contributed by atoms with Crippen LogP contribution in [-0.2, 0) is 0 Å². The van der Waals surface area contributed by atoms with E-state index in [9.17, 15) is 0 Å². The van der Waals surface area contributed by atoms with Gasteiger partial charge in [-0.2, -0.15) is 0 Å². The fourth-order valence-corrected chi connectivity index (χ4v) is 1.39. The molecular formula is C6H15NO2S. The summed E-state index contributed by atoms with van der Waals surface area (Å²) in [5, 5.41) is 1.44. The van der Waals surface area contributed by atoms with Crippen molar-refractivity contribution in [3.63, 3.8) is 0 Å². The van der Waals surface area contributed by atoms with Gasteiger partial charge in [0, 0.05) is 19.0 Å². The molecule has 0 amide bonds. The summed E-state index contributed by atoms with van der Waals surface area (Å²) in [7, 11) is -0.796. The third-order valence-electron chi connectivity index (χ3n) is 1.10. The summed E-state index contributed by atoms with van der Waals surface area (Å²) in [6.45, 7) is 4.64. The van der Waals surface area contributed by atoms with Crippen molar-refractivity contribution >= 4 is 10.8 Å². The zero-order chi connectivity index (χ0) is 8.20. The molecule has 0 unspecified atom stereocenters. The number of hydrogen-bond acceptors (Lipinski definition) is 3. The molecule has 0 saturated carbocycles. The molecule has 1 aliphatic heterocycles. The maximum atomic E-state index is 8.94. The van der Waals surface area contributed by atoms with Gasteiger partial charge >= 0.3 is 0 Å². The van der Waals surface area contributed by atoms with E-state index >= 15 is 0 Å². The lowest BCUT2D eigenvalue weighted by Crippen LogP contribution is -2.16. The van der Waals surface area contributed by atoms with Crippen LogP contribution in [0.5, 0.6) is 0 Å². The summed E-state index contributed by atoms with van der Waals surface area (Å²) in [5.41, 5.74) is 0. The molecule has 4 heteroatoms. The highest BCUT2D eigenvalue weighted by atomic mass is 32.3. The van der Waals surface area contributed by atoms with Crippen LogP contribution in [0, 0.1) is 0 Å². The lowest BCUT2D eigenvalue weighted by atomic mass is 10.6. The van der Waals surface area contributed by atoms with Crippen molar-refractivity contribution in [2.45, 2.75) is 13.8 Å². The molecule has 0 atom stereocenters. The summed E-state index contributed by atoms with van der Waals surface area (Å²) in [6.07, 6.45) is 1.75. The van der Waals surface area contributed by atoms with Crippen molar-refractivity contribution in [3.8, 4) is 0 Å². The average molecular weight is 165 g/mol. The Morgan fingerprint density at radius 3 is 2.00 bits per heavy atom. The number of nitrogens with zero attached hydrogens (tertiary/aromatic N) is 1. The van der Waals surface area contributed by atoms with Gasteiger partial charge in [-0.15, -0.1) is 10.8 Å². The largest absolute Gasteiger partial charge is 0.282 e. The molecule has 0 spiro atoms. The van der Waals surface area contributed by atoms with Gasteiger partial charge in [-0.3, -0.25) is 9.11 Å². The molecule has 0 aliphatic carbocycles. The molecule has 3 nitrogen and oxygen atoms in total. The second-order valence-electron chi connectivity index (χ2n) is 1.74. The van der Waals surface area contributed by atoms with Crippen molar-refractivity contribution in [2.75, 3.05) is 13.6 Å². The molecule has 0 fully saturated rings. The Hall–Kier alpha value is -0.0300. The zero-order valence-corrected chi connectivity index (χ0v) is 7.43. The molecule has 0 aromatic rings. The second kappa shape index (κ2) is 3.98. The lowest BCUT2D eigenvalue weighted by molar-refractivity contribution is 0.420. The van der Waals surface area contributed by atoms with Gasteiger partial charge < -0.3 is 0 Å². The van der Waals surface area contributed by atoms with E-state index in [2.05, 4.69) is 0 Å². The molecular weight excluding hydrogens is 150 g/mol. The van der Waals surface area contributed by atoms with E-state index < -0.39 is 10.8 Å². The minimum Gasteiger partial charge on any atom is -0.282 e. The molecule has 1 aliphatic rings. The van der Waals surface area contributed by atoms with Gasteiger partial charge in [0.25, 0.3) is 0 Å². The highest BCUT2D eigenvalue weighted by Gasteiger charge is 2.18. The third-order valence-corrected chi connectivity index (χ3v) is 2.72. The Morgan fingerprint density at radius 2 is 1.90 bits per heavy atom. The van der Waals surface area contributed by atoms with Gasteiger partial charge in [0.2, 0.25) is 0 Å². The van der Waals surface area contributed by atoms with Crippen LogP contribution in [0.3, 0.4) is 0 Å². The van der Waals surface area contributed by atoms with Crippen LogP contribution < -0.4 is 0 Å². The Balaban J connectivity index is 0.000000371. The third kappa shape index (κ3) is 2.30. The number of likely N-dealkylation sites (N-methyl/N-ethyl adjacent to an activating group) is 1. The van der Waals surface area contributed by atoms with Crippen molar-refractivity contribution in [1.29, 1.82) is 0 Å². The maximum absolute atomic E-state index is 8.94. The maximum Gasteiger partial charge on any atom is 0.0374 e. The van der Waals surface area contributed by atoms with Crippen molar-refractivity contribution in [2.24, 2.45) is 0 Å². The van der Waals surface area contributed by atoms with Crippen molar-refractivity contribution in [3.05, 3.63) is 11.5 Å². The Bertz CT molecular complexity index is 125. The van der Waals surface area contributed by atoms with Gasteiger partial charge in [-0.1, -0.05) is 19.9 Å². The standard InChI is InChI=1S/C4H9NO2S.C2H6/c1-5-3-2-4-8(5,6)7;1-2/h2,4,6-7H,3H2,1H3;1-2H3. The number of rotatable bonds is 0. The monoisotopic (exact) mass is 165 g/mol. The molecule has 0 saturated heterocycles. The van der Waals surface area contributed by atoms with E-state index in [1.165, 1.54) is 9.71 Å². The molecule has 0 aromatic carbocycles. The fraction of sp³-hybridized carbons (Fsp3) is 0.667. The van der Waals surface area contributed by atoms with Gasteiger partial charge in [-0.25, -0.2) is 4.31 Å². The van der Waals surface area contributed by atoms with Crippen LogP contribution in [0.4, 0.5) is 0 Å². The van der Waals surface area contributed by atoms with E-state index in [1.807, 2.05) is 13.8 Å². The molecule has 10 heavy (non-hydrogen) atoms. The summed E-state index contributed by atoms with van der Waals surface area (Å²) >= 11 is 0. The number of hydrogen-bond donors (Lipinski definition) is 2. The van der Waals surface area contributed by atoms with Crippen LogP contribution in [-0.4, -0.2) is 27.0 Å². The van der Waals surface area contributed by atoms with Gasteiger partial charge in [0.1, 0.15) is 0 Å². The van der Waals surface area contributed by atoms with E-state index in [4.69, 9.17) is 9.11 Å². The van der Waals surface area contributed by atoms with Crippen LogP contribution >= 0.6 is 10.8 Å². The molecule has 0 bridgehead atoms. The first-order valence-electron chi connectivity index (χ1n) is 3.29. The van der Waals surface area contributed by atoms with Crippen LogP contribution in [0.1, 0.15) is 13.8 Å². The Morgan fingerprint density at radius 1 is 1.40 bits per heavy atom. The smallest absolute Gasteiger partial charge is 0.0374 e. The van der Waals surface area contributed by atoms with E-state index in [1.54, 1.807) is 13.1 Å². The molecule has 0 aromatic heterocycles. The summed E-state index contributed by atoms with van der Waals surface area (Å²) < 4.78 is 19.4. The average Bonchev–Trinajstić information content (AvgIpc) is 2.17. The highest BCUT2D eigenvalue weighted by molar-refractivity contribution is 8.25. The second-order valence-corrected chi connectivity index (χ2v) is 3.76. The van der Waals surface area contributed by atoms with Gasteiger partial charge in [0.15, 0.2) is 0 Å². The predicted octanol–water partition coefficient (Wildman–Crippen LogP) is 2.14. The highest BCUT2D eigenvalue weighted by Crippen LogP contribution is 2.46. The molecule has 62 valence electrons. The first-order chi connectivity index (χ1) is 4.63. The van der Waals surface area contributed by atoms with Crippen molar-refractivity contribution in [1.82, 2.24) is 4.31 Å².